The molecule has 1 saturated carbocycles. The molecular weight excluding hydrogens is 168 g/mol. The van der Waals surface area contributed by atoms with E-state index < -0.39 is 0 Å². The zero-order valence-corrected chi connectivity index (χ0v) is 8.15. The number of hydrogen-bond donors (Lipinski definition) is 1. The molecular formula is C9H16N2S. The molecule has 0 spiro atoms. The first-order valence-corrected chi connectivity index (χ1v) is 5.21. The van der Waals surface area contributed by atoms with Crippen molar-refractivity contribution in [1.82, 2.24) is 4.90 Å². The van der Waals surface area contributed by atoms with Gasteiger partial charge in [-0.15, -0.1) is 0 Å². The third kappa shape index (κ3) is 1.56. The van der Waals surface area contributed by atoms with E-state index in [9.17, 15) is 0 Å². The summed E-state index contributed by atoms with van der Waals surface area (Å²) in [5.41, 5.74) is 5.63. The van der Waals surface area contributed by atoms with Crippen molar-refractivity contribution in [3.63, 3.8) is 0 Å². The summed E-state index contributed by atoms with van der Waals surface area (Å²) in [4.78, 5) is 2.19. The Morgan fingerprint density at radius 3 is 2.33 bits per heavy atom. The van der Waals surface area contributed by atoms with Gasteiger partial charge in [-0.05, 0) is 43.3 Å². The number of hydrogen-bond acceptors (Lipinski definition) is 1. The highest BCUT2D eigenvalue weighted by Gasteiger charge is 2.30. The lowest BCUT2D eigenvalue weighted by atomic mass is 9.78. The lowest BCUT2D eigenvalue weighted by Crippen LogP contribution is -2.47. The van der Waals surface area contributed by atoms with Gasteiger partial charge in [-0.3, -0.25) is 0 Å². The van der Waals surface area contributed by atoms with Crippen LogP contribution in [0.5, 0.6) is 0 Å². The van der Waals surface area contributed by atoms with Gasteiger partial charge >= 0.3 is 0 Å². The van der Waals surface area contributed by atoms with E-state index in [1.807, 2.05) is 0 Å². The molecule has 1 heterocycles. The zero-order chi connectivity index (χ0) is 8.55. The van der Waals surface area contributed by atoms with Crippen LogP contribution in [0.2, 0.25) is 0 Å². The maximum absolute atomic E-state index is 5.63. The van der Waals surface area contributed by atoms with Crippen LogP contribution in [0.3, 0.4) is 0 Å². The second kappa shape index (κ2) is 3.21. The zero-order valence-electron chi connectivity index (χ0n) is 7.33. The summed E-state index contributed by atoms with van der Waals surface area (Å²) < 4.78 is 0. The Bertz CT molecular complexity index is 181. The Kier molecular flexibility index (Phi) is 2.22. The highest BCUT2D eigenvalue weighted by Crippen LogP contribution is 2.33. The Hall–Kier alpha value is -0.310. The molecule has 0 amide bonds. The van der Waals surface area contributed by atoms with Gasteiger partial charge in [-0.1, -0.05) is 6.42 Å². The van der Waals surface area contributed by atoms with Gasteiger partial charge < -0.3 is 10.6 Å². The lowest BCUT2D eigenvalue weighted by Gasteiger charge is -2.41. The van der Waals surface area contributed by atoms with Gasteiger partial charge in [-0.25, -0.2) is 0 Å². The number of nitrogens with zero attached hydrogens (tertiary/aromatic N) is 1. The maximum atomic E-state index is 5.63. The van der Waals surface area contributed by atoms with E-state index in [1.54, 1.807) is 0 Å². The minimum Gasteiger partial charge on any atom is -0.376 e. The molecule has 2 atom stereocenters. The fraction of sp³-hybridized carbons (Fsp3) is 0.889. The first-order chi connectivity index (χ1) is 5.75. The van der Waals surface area contributed by atoms with Gasteiger partial charge in [0.05, 0.1) is 0 Å². The van der Waals surface area contributed by atoms with Crippen molar-refractivity contribution in [3.05, 3.63) is 0 Å². The standard InChI is InChI=1S/C9H16N2S/c10-9(12)11-5-7-2-1-3-8(4-7)6-11/h7-8H,1-6H2,(H2,10,12). The molecule has 2 unspecified atom stereocenters. The topological polar surface area (TPSA) is 29.3 Å². The normalized spacial score (nSPS) is 34.8. The second-order valence-electron chi connectivity index (χ2n) is 4.14. The molecule has 2 aliphatic rings. The molecule has 1 saturated heterocycles. The van der Waals surface area contributed by atoms with Crippen molar-refractivity contribution in [2.24, 2.45) is 17.6 Å². The van der Waals surface area contributed by atoms with Crippen molar-refractivity contribution in [1.29, 1.82) is 0 Å². The lowest BCUT2D eigenvalue weighted by molar-refractivity contribution is 0.137. The van der Waals surface area contributed by atoms with Crippen LogP contribution in [0.1, 0.15) is 25.7 Å². The van der Waals surface area contributed by atoms with Crippen molar-refractivity contribution in [2.45, 2.75) is 25.7 Å². The minimum atomic E-state index is 0.603. The van der Waals surface area contributed by atoms with Gasteiger partial charge in [0.1, 0.15) is 0 Å². The minimum absolute atomic E-state index is 0.603. The Morgan fingerprint density at radius 1 is 1.25 bits per heavy atom. The van der Waals surface area contributed by atoms with E-state index in [-0.39, 0.29) is 0 Å². The molecule has 1 aliphatic heterocycles. The number of thiocarbonyl (C=S) groups is 1. The summed E-state index contributed by atoms with van der Waals surface area (Å²) in [5, 5.41) is 0.603. The summed E-state index contributed by atoms with van der Waals surface area (Å²) >= 11 is 5.00. The molecule has 68 valence electrons. The summed E-state index contributed by atoms with van der Waals surface area (Å²) in [6.45, 7) is 2.23. The highest BCUT2D eigenvalue weighted by molar-refractivity contribution is 7.80. The molecule has 0 aromatic carbocycles. The van der Waals surface area contributed by atoms with Gasteiger partial charge in [0.15, 0.2) is 5.11 Å². The van der Waals surface area contributed by atoms with Gasteiger partial charge in [0.25, 0.3) is 0 Å². The van der Waals surface area contributed by atoms with Crippen LogP contribution in [0.25, 0.3) is 0 Å². The molecule has 0 aromatic heterocycles. The smallest absolute Gasteiger partial charge is 0.166 e. The predicted molar refractivity (Wildman–Crippen MR) is 53.8 cm³/mol. The fourth-order valence-electron chi connectivity index (χ4n) is 2.61. The number of piperidine rings is 1. The molecule has 0 aromatic rings. The molecule has 1 aliphatic carbocycles. The van der Waals surface area contributed by atoms with Crippen molar-refractivity contribution >= 4 is 17.3 Å². The van der Waals surface area contributed by atoms with E-state index in [1.165, 1.54) is 25.7 Å². The van der Waals surface area contributed by atoms with E-state index in [0.717, 1.165) is 24.9 Å². The summed E-state index contributed by atoms with van der Waals surface area (Å²) in [6.07, 6.45) is 5.60. The maximum Gasteiger partial charge on any atom is 0.166 e. The predicted octanol–water partition coefficient (Wildman–Crippen LogP) is 1.35. The van der Waals surface area contributed by atoms with E-state index in [4.69, 9.17) is 18.0 Å². The number of rotatable bonds is 0. The van der Waals surface area contributed by atoms with Crippen molar-refractivity contribution in [2.75, 3.05) is 13.1 Å². The van der Waals surface area contributed by atoms with Crippen LogP contribution < -0.4 is 5.73 Å². The van der Waals surface area contributed by atoms with E-state index in [0.29, 0.717) is 5.11 Å². The SMILES string of the molecule is NC(=S)N1CC2CCCC(C2)C1. The van der Waals surface area contributed by atoms with E-state index in [2.05, 4.69) is 4.90 Å². The average Bonchev–Trinajstić information content (AvgIpc) is 2.03. The summed E-state index contributed by atoms with van der Waals surface area (Å²) in [7, 11) is 0. The van der Waals surface area contributed by atoms with Gasteiger partial charge in [0.2, 0.25) is 0 Å². The van der Waals surface area contributed by atoms with Crippen LogP contribution >= 0.6 is 12.2 Å². The van der Waals surface area contributed by atoms with E-state index >= 15 is 0 Å². The molecule has 2 N–H and O–H groups in total. The highest BCUT2D eigenvalue weighted by atomic mass is 32.1. The molecule has 2 fully saturated rings. The van der Waals surface area contributed by atoms with Crippen LogP contribution in [0, 0.1) is 11.8 Å². The van der Waals surface area contributed by atoms with Crippen molar-refractivity contribution < 1.29 is 0 Å². The van der Waals surface area contributed by atoms with Gasteiger partial charge in [0, 0.05) is 13.1 Å². The Morgan fingerprint density at radius 2 is 1.83 bits per heavy atom. The first-order valence-electron chi connectivity index (χ1n) is 4.80. The number of fused-ring (bicyclic) bond motifs is 2. The van der Waals surface area contributed by atoms with Gasteiger partial charge in [-0.2, -0.15) is 0 Å². The monoisotopic (exact) mass is 184 g/mol. The van der Waals surface area contributed by atoms with Crippen LogP contribution in [0.15, 0.2) is 0 Å². The Balaban J connectivity index is 2.00. The molecule has 0 radical (unpaired) electrons. The molecule has 12 heavy (non-hydrogen) atoms. The van der Waals surface area contributed by atoms with Crippen LogP contribution in [-0.4, -0.2) is 23.1 Å². The molecule has 3 heteroatoms. The molecule has 2 nitrogen and oxygen atoms in total. The molecule has 2 rings (SSSR count). The first kappa shape index (κ1) is 8.30. The van der Waals surface area contributed by atoms with Crippen LogP contribution in [-0.2, 0) is 0 Å². The summed E-state index contributed by atoms with van der Waals surface area (Å²) in [6, 6.07) is 0. The summed E-state index contributed by atoms with van der Waals surface area (Å²) in [5.74, 6) is 1.75. The third-order valence-corrected chi connectivity index (χ3v) is 3.42. The third-order valence-electron chi connectivity index (χ3n) is 3.16. The van der Waals surface area contributed by atoms with Crippen molar-refractivity contribution in [3.8, 4) is 0 Å². The quantitative estimate of drug-likeness (QED) is 0.576. The Labute approximate surface area is 79.1 Å². The molecule has 2 bridgehead atoms. The number of nitrogens with two attached hydrogens (primary N) is 1. The average molecular weight is 184 g/mol. The largest absolute Gasteiger partial charge is 0.376 e. The fourth-order valence-corrected chi connectivity index (χ4v) is 2.76. The number of likely N-dealkylation sites (tertiary alicyclic amines) is 1. The second-order valence-corrected chi connectivity index (χ2v) is 4.56. The van der Waals surface area contributed by atoms with Crippen LogP contribution in [0.4, 0.5) is 0 Å².